The van der Waals surface area contributed by atoms with Crippen LogP contribution in [-0.2, 0) is 14.3 Å². The number of amides is 1. The molecule has 8 N–H and O–H groups in total. The van der Waals surface area contributed by atoms with Crippen LogP contribution in [0.5, 0.6) is 0 Å². The van der Waals surface area contributed by atoms with Crippen LogP contribution in [0.4, 0.5) is 0 Å². The summed E-state index contributed by atoms with van der Waals surface area (Å²) >= 11 is 0. The number of unbranched alkanes of at least 4 members (excludes halogenated alkanes) is 36. The summed E-state index contributed by atoms with van der Waals surface area (Å²) in [4.78, 5) is 13.2. The Balaban J connectivity index is 2.31. The highest BCUT2D eigenvalue weighted by Gasteiger charge is 2.44. The van der Waals surface area contributed by atoms with Gasteiger partial charge in [0.25, 0.3) is 0 Å². The topological polar surface area (TPSA) is 189 Å². The lowest BCUT2D eigenvalue weighted by atomic mass is 9.98. The summed E-state index contributed by atoms with van der Waals surface area (Å²) in [6.07, 6.45) is 53.5. The molecule has 0 aromatic rings. The van der Waals surface area contributed by atoms with Crippen molar-refractivity contribution < 1.29 is 50.0 Å². The van der Waals surface area contributed by atoms with E-state index in [9.17, 15) is 40.5 Å². The van der Waals surface area contributed by atoms with E-state index < -0.39 is 74.2 Å². The quantitative estimate of drug-likeness (QED) is 0.0215. The largest absolute Gasteiger partial charge is 0.394 e. The lowest BCUT2D eigenvalue weighted by Crippen LogP contribution is -2.60. The van der Waals surface area contributed by atoms with Gasteiger partial charge in [0.15, 0.2) is 6.29 Å². The van der Waals surface area contributed by atoms with Crippen molar-refractivity contribution >= 4 is 5.91 Å². The highest BCUT2D eigenvalue weighted by atomic mass is 16.7. The molecule has 0 aromatic carbocycles. The smallest absolute Gasteiger partial charge is 0.249 e. The lowest BCUT2D eigenvalue weighted by Gasteiger charge is -2.40. The summed E-state index contributed by atoms with van der Waals surface area (Å²) in [5.74, 6) is -0.712. The molecule has 1 rings (SSSR count). The highest BCUT2D eigenvalue weighted by molar-refractivity contribution is 5.80. The Morgan fingerprint density at radius 1 is 0.459 bits per heavy atom. The molecule has 1 amide bonds. The summed E-state index contributed by atoms with van der Waals surface area (Å²) in [7, 11) is 0. The minimum Gasteiger partial charge on any atom is -0.394 e. The number of allylic oxidation sites excluding steroid dienone is 6. The van der Waals surface area contributed by atoms with Gasteiger partial charge in [-0.25, -0.2) is 0 Å². The van der Waals surface area contributed by atoms with E-state index >= 15 is 0 Å². The van der Waals surface area contributed by atoms with Crippen LogP contribution in [0, 0.1) is 0 Å². The number of hydrogen-bond donors (Lipinski definition) is 8. The van der Waals surface area contributed by atoms with Gasteiger partial charge in [-0.2, -0.15) is 0 Å². The number of nitrogens with one attached hydrogen (secondary N) is 1. The molecule has 11 nitrogen and oxygen atoms in total. The molecular weight excluding hydrogens is 931 g/mol. The highest BCUT2D eigenvalue weighted by Crippen LogP contribution is 2.23. The van der Waals surface area contributed by atoms with Crippen molar-refractivity contribution in [3.8, 4) is 0 Å². The van der Waals surface area contributed by atoms with Gasteiger partial charge in [-0.05, 0) is 77.0 Å². The van der Waals surface area contributed by atoms with Crippen LogP contribution in [0.2, 0.25) is 0 Å². The van der Waals surface area contributed by atoms with Gasteiger partial charge < -0.3 is 50.5 Å². The summed E-state index contributed by atoms with van der Waals surface area (Å²) in [5, 5.41) is 76.2. The van der Waals surface area contributed by atoms with E-state index in [0.717, 1.165) is 57.8 Å². The first-order valence-electron chi connectivity index (χ1n) is 31.4. The van der Waals surface area contributed by atoms with Crippen molar-refractivity contribution in [2.24, 2.45) is 0 Å². The van der Waals surface area contributed by atoms with E-state index in [1.807, 2.05) is 0 Å². The van der Waals surface area contributed by atoms with Gasteiger partial charge in [0, 0.05) is 0 Å². The van der Waals surface area contributed by atoms with E-state index in [-0.39, 0.29) is 12.8 Å². The van der Waals surface area contributed by atoms with E-state index in [4.69, 9.17) is 9.47 Å². The molecule has 0 bridgehead atoms. The number of carbonyl (C=O) groups excluding carboxylic acids is 1. The van der Waals surface area contributed by atoms with Crippen LogP contribution in [0.25, 0.3) is 0 Å². The molecule has 0 aromatic heterocycles. The molecule has 9 unspecified atom stereocenters. The maximum absolute atomic E-state index is 13.2. The predicted octanol–water partition coefficient (Wildman–Crippen LogP) is 13.9. The van der Waals surface area contributed by atoms with Crippen LogP contribution in [0.15, 0.2) is 36.5 Å². The summed E-state index contributed by atoms with van der Waals surface area (Å²) in [6, 6.07) is -1.19. The van der Waals surface area contributed by atoms with E-state index in [2.05, 4.69) is 55.6 Å². The first-order chi connectivity index (χ1) is 36.2. The van der Waals surface area contributed by atoms with Gasteiger partial charge in [0.05, 0.1) is 25.4 Å². The van der Waals surface area contributed by atoms with Gasteiger partial charge in [-0.3, -0.25) is 4.79 Å². The Labute approximate surface area is 454 Å². The number of carbonyl (C=O) groups is 1. The van der Waals surface area contributed by atoms with Crippen molar-refractivity contribution in [3.05, 3.63) is 36.5 Å². The molecule has 1 heterocycles. The van der Waals surface area contributed by atoms with Crippen LogP contribution in [0.3, 0.4) is 0 Å². The van der Waals surface area contributed by atoms with Gasteiger partial charge in [0.2, 0.25) is 5.91 Å². The second-order valence-corrected chi connectivity index (χ2v) is 22.1. The maximum atomic E-state index is 13.2. The monoisotopic (exact) mass is 1050 g/mol. The van der Waals surface area contributed by atoms with Crippen LogP contribution < -0.4 is 5.32 Å². The molecule has 0 saturated carbocycles. The summed E-state index contributed by atoms with van der Waals surface area (Å²) < 4.78 is 11.1. The lowest BCUT2D eigenvalue weighted by molar-refractivity contribution is -0.303. The minimum atomic E-state index is -1.67. The molecule has 9 atom stereocenters. The van der Waals surface area contributed by atoms with Gasteiger partial charge in [0.1, 0.15) is 36.6 Å². The molecule has 436 valence electrons. The molecule has 1 aliphatic rings. The van der Waals surface area contributed by atoms with Crippen molar-refractivity contribution in [3.63, 3.8) is 0 Å². The molecule has 0 spiro atoms. The average Bonchev–Trinajstić information content (AvgIpc) is 3.40. The van der Waals surface area contributed by atoms with E-state index in [1.54, 1.807) is 0 Å². The van der Waals surface area contributed by atoms with Crippen molar-refractivity contribution in [2.45, 2.75) is 345 Å². The fourth-order valence-electron chi connectivity index (χ4n) is 10.0. The molecular formula is C63H119NO10. The Morgan fingerprint density at radius 2 is 0.811 bits per heavy atom. The first-order valence-corrected chi connectivity index (χ1v) is 31.4. The molecule has 0 aliphatic carbocycles. The number of hydrogen-bond acceptors (Lipinski definition) is 10. The predicted molar refractivity (Wildman–Crippen MR) is 307 cm³/mol. The second kappa shape index (κ2) is 52.1. The van der Waals surface area contributed by atoms with Crippen molar-refractivity contribution in [1.82, 2.24) is 5.32 Å². The zero-order valence-electron chi connectivity index (χ0n) is 47.8. The first kappa shape index (κ1) is 70.3. The zero-order chi connectivity index (χ0) is 54.0. The standard InChI is InChI=1S/C63H119NO10/c1-3-5-7-9-11-13-15-17-19-21-23-25-26-27-28-29-31-32-34-36-38-40-42-44-46-48-50-55(66)58(68)54(53-73-63-61(71)60(70)59(69)57(52-65)74-63)64-62(72)56(67)51-49-47-45-43-41-39-37-35-33-30-24-22-20-18-16-14-12-10-8-6-4-2/h33-36,42,44,54-61,63,65-71H,3-32,37-41,43,45-53H2,1-2H3,(H,64,72)/b35-33-,36-34+,44-42+. The third-order valence-corrected chi connectivity index (χ3v) is 15.1. The number of aliphatic hydroxyl groups excluding tert-OH is 7. The second-order valence-electron chi connectivity index (χ2n) is 22.1. The number of rotatable bonds is 54. The van der Waals surface area contributed by atoms with Gasteiger partial charge in [-0.1, -0.05) is 249 Å². The Hall–Kier alpha value is -1.67. The fraction of sp³-hybridized carbons (Fsp3) is 0.889. The zero-order valence-corrected chi connectivity index (χ0v) is 47.8. The maximum Gasteiger partial charge on any atom is 0.249 e. The molecule has 1 saturated heterocycles. The third kappa shape index (κ3) is 39.7. The average molecular weight is 1050 g/mol. The Morgan fingerprint density at radius 3 is 1.20 bits per heavy atom. The SMILES string of the molecule is CCCCCCCCCCCCC/C=C\CCCCCCCCC(O)C(=O)NC(COC1OC(CO)C(O)C(O)C1O)C(O)C(O)CCC/C=C/CC/C=C/CCCCCCCCCCCCCCCCCCC. The number of aliphatic hydroxyl groups is 7. The van der Waals surface area contributed by atoms with Crippen molar-refractivity contribution in [2.75, 3.05) is 13.2 Å². The molecule has 0 radical (unpaired) electrons. The van der Waals surface area contributed by atoms with Crippen molar-refractivity contribution in [1.29, 1.82) is 0 Å². The fourth-order valence-corrected chi connectivity index (χ4v) is 10.0. The molecule has 1 fully saturated rings. The van der Waals surface area contributed by atoms with Crippen LogP contribution >= 0.6 is 0 Å². The minimum absolute atomic E-state index is 0.244. The molecule has 74 heavy (non-hydrogen) atoms. The Kier molecular flexibility index (Phi) is 49.5. The summed E-state index contributed by atoms with van der Waals surface area (Å²) in [5.41, 5.74) is 0. The molecule has 11 heteroatoms. The van der Waals surface area contributed by atoms with Crippen LogP contribution in [0.1, 0.15) is 290 Å². The van der Waals surface area contributed by atoms with E-state index in [0.29, 0.717) is 19.3 Å². The van der Waals surface area contributed by atoms with E-state index in [1.165, 1.54) is 186 Å². The normalized spacial score (nSPS) is 20.0. The molecule has 1 aliphatic heterocycles. The van der Waals surface area contributed by atoms with Crippen LogP contribution in [-0.4, -0.2) is 110 Å². The summed E-state index contributed by atoms with van der Waals surface area (Å²) in [6.45, 7) is 3.47. The van der Waals surface area contributed by atoms with Gasteiger partial charge >= 0.3 is 0 Å². The Bertz CT molecular complexity index is 1300. The van der Waals surface area contributed by atoms with Gasteiger partial charge in [-0.15, -0.1) is 0 Å². The third-order valence-electron chi connectivity index (χ3n) is 15.1. The number of ether oxygens (including phenoxy) is 2.